The topological polar surface area (TPSA) is 43.6 Å². The van der Waals surface area contributed by atoms with Crippen LogP contribution in [0.1, 0.15) is 27.8 Å². The van der Waals surface area contributed by atoms with E-state index in [2.05, 4.69) is 0 Å². The van der Waals surface area contributed by atoms with Crippen LogP contribution < -0.4 is 0 Å². The molecule has 2 heterocycles. The zero-order chi connectivity index (χ0) is 53.4. The molecular weight excluding hydrogens is 1010 g/mol. The highest BCUT2D eigenvalue weighted by Crippen LogP contribution is 2.45. The van der Waals surface area contributed by atoms with Crippen LogP contribution in [0.5, 0.6) is 0 Å². The molecule has 8 aromatic carbocycles. The molecule has 0 fully saturated rings. The molecule has 0 radical (unpaired) electrons. The Morgan fingerprint density at radius 1 is 0.267 bits per heavy atom. The average Bonchev–Trinajstić information content (AvgIpc) is 3.72. The highest BCUT2D eigenvalue weighted by Gasteiger charge is 2.39. The summed E-state index contributed by atoms with van der Waals surface area (Å²) < 4.78 is 213. The van der Waals surface area contributed by atoms with Crippen molar-refractivity contribution >= 4 is 21.8 Å². The van der Waals surface area contributed by atoms with Crippen molar-refractivity contribution in [3.05, 3.63) is 204 Å². The lowest BCUT2D eigenvalue weighted by Crippen LogP contribution is -2.11. The van der Waals surface area contributed by atoms with Gasteiger partial charge in [-0.25, -0.2) is 15.0 Å². The first-order chi connectivity index (χ1) is 35.3. The van der Waals surface area contributed by atoms with Gasteiger partial charge < -0.3 is 4.57 Å². The first-order valence-corrected chi connectivity index (χ1v) is 22.2. The van der Waals surface area contributed by atoms with E-state index in [1.54, 1.807) is 83.4 Å². The number of nitrogens with zero attached hydrogens (tertiary/aromatic N) is 4. The van der Waals surface area contributed by atoms with Crippen LogP contribution >= 0.6 is 0 Å². The molecule has 0 spiro atoms. The highest BCUT2D eigenvalue weighted by molar-refractivity contribution is 6.12. The first-order valence-electron chi connectivity index (χ1n) is 22.2. The Hall–Kier alpha value is -8.48. The molecule has 0 N–H and O–H groups in total. The molecule has 4 nitrogen and oxygen atoms in total. The quantitative estimate of drug-likeness (QED) is 0.149. The Morgan fingerprint density at radius 2 is 0.640 bits per heavy atom. The van der Waals surface area contributed by atoms with E-state index in [1.165, 1.54) is 48.5 Å². The van der Waals surface area contributed by atoms with Crippen molar-refractivity contribution in [1.82, 2.24) is 19.5 Å². The van der Waals surface area contributed by atoms with Gasteiger partial charge in [0.15, 0.2) is 17.5 Å². The summed E-state index contributed by atoms with van der Waals surface area (Å²) >= 11 is 0. The van der Waals surface area contributed by atoms with Crippen molar-refractivity contribution in [2.75, 3.05) is 0 Å². The number of hydrogen-bond acceptors (Lipinski definition) is 3. The van der Waals surface area contributed by atoms with Gasteiger partial charge in [0, 0.05) is 33.2 Å². The van der Waals surface area contributed by atoms with E-state index >= 15 is 0 Å². The number of aromatic nitrogens is 4. The molecule has 0 saturated carbocycles. The van der Waals surface area contributed by atoms with Crippen molar-refractivity contribution in [3.8, 4) is 73.2 Å². The van der Waals surface area contributed by atoms with Crippen LogP contribution in [0.4, 0.5) is 65.9 Å². The maximum absolute atomic E-state index is 14.1. The van der Waals surface area contributed by atoms with Crippen molar-refractivity contribution in [2.45, 2.75) is 30.9 Å². The molecule has 0 aliphatic rings. The van der Waals surface area contributed by atoms with E-state index in [-0.39, 0.29) is 79.4 Å². The third-order valence-corrected chi connectivity index (χ3v) is 12.3. The van der Waals surface area contributed by atoms with Crippen LogP contribution in [-0.2, 0) is 30.9 Å². The zero-order valence-electron chi connectivity index (χ0n) is 37.7. The summed E-state index contributed by atoms with van der Waals surface area (Å²) in [4.78, 5) is 14.4. The molecule has 10 aromatic rings. The summed E-state index contributed by atoms with van der Waals surface area (Å²) in [6, 6.07) is 36.2. The number of benzene rings is 8. The Morgan fingerprint density at radius 3 is 1.03 bits per heavy atom. The van der Waals surface area contributed by atoms with Crippen LogP contribution in [0.15, 0.2) is 176 Å². The molecular formula is C56H29F15N4. The standard InChI is InChI=1S/C56H29F15N4/c57-52(58,59)37-15-11-30(12-16-37)43-18-17-42(29-46(43)51-73-49(31-7-3-1-4-8-31)72-50(74-51)32-9-5-2-6-10-32)75-47-19-13-33(35-21-38(53(60,61)62)27-39(22-35)54(63,64)65)25-44(47)45-26-34(14-20-48(45)75)36-23-40(55(66,67)68)28-41(24-36)56(69,70)71/h1-29H. The lowest BCUT2D eigenvalue weighted by Gasteiger charge is -2.16. The summed E-state index contributed by atoms with van der Waals surface area (Å²) in [7, 11) is 0. The van der Waals surface area contributed by atoms with Gasteiger partial charge in [-0.1, -0.05) is 91.0 Å². The van der Waals surface area contributed by atoms with Crippen molar-refractivity contribution in [1.29, 1.82) is 0 Å². The normalized spacial score (nSPS) is 12.7. The zero-order valence-corrected chi connectivity index (χ0v) is 37.7. The van der Waals surface area contributed by atoms with Crippen LogP contribution in [-0.4, -0.2) is 19.5 Å². The van der Waals surface area contributed by atoms with E-state index in [9.17, 15) is 65.9 Å². The van der Waals surface area contributed by atoms with Gasteiger partial charge in [0.2, 0.25) is 0 Å². The van der Waals surface area contributed by atoms with Crippen LogP contribution in [0.25, 0.3) is 95.0 Å². The average molecular weight is 1040 g/mol. The molecule has 0 aliphatic carbocycles. The minimum Gasteiger partial charge on any atom is -0.309 e. The second-order valence-corrected chi connectivity index (χ2v) is 17.2. The molecule has 10 rings (SSSR count). The van der Waals surface area contributed by atoms with Gasteiger partial charge in [-0.15, -0.1) is 0 Å². The number of halogens is 15. The number of rotatable bonds is 7. The molecule has 0 bridgehead atoms. The second-order valence-electron chi connectivity index (χ2n) is 17.2. The summed E-state index contributed by atoms with van der Waals surface area (Å²) in [5, 5.41) is 0.175. The minimum absolute atomic E-state index is 0.0276. The summed E-state index contributed by atoms with van der Waals surface area (Å²) in [6.07, 6.45) is -25.6. The summed E-state index contributed by atoms with van der Waals surface area (Å²) in [5.41, 5.74) is -6.21. The van der Waals surface area contributed by atoms with Crippen LogP contribution in [0, 0.1) is 0 Å². The predicted molar refractivity (Wildman–Crippen MR) is 252 cm³/mol. The Labute approximate surface area is 414 Å². The largest absolute Gasteiger partial charge is 0.416 e. The molecule has 2 aromatic heterocycles. The Balaban J connectivity index is 1.26. The van der Waals surface area contributed by atoms with E-state index in [4.69, 9.17) is 15.0 Å². The molecule has 0 saturated heterocycles. The first kappa shape index (κ1) is 50.1. The van der Waals surface area contributed by atoms with E-state index in [0.717, 1.165) is 12.1 Å². The minimum atomic E-state index is -5.22. The van der Waals surface area contributed by atoms with Gasteiger partial charge >= 0.3 is 30.9 Å². The highest BCUT2D eigenvalue weighted by atomic mass is 19.4. The molecule has 378 valence electrons. The summed E-state index contributed by atoms with van der Waals surface area (Å²) in [5.74, 6) is 0.429. The summed E-state index contributed by atoms with van der Waals surface area (Å²) in [6.45, 7) is 0. The van der Waals surface area contributed by atoms with E-state index in [0.29, 0.717) is 41.0 Å². The fourth-order valence-electron chi connectivity index (χ4n) is 8.78. The number of hydrogen-bond donors (Lipinski definition) is 0. The third kappa shape index (κ3) is 10.0. The lowest BCUT2D eigenvalue weighted by molar-refractivity contribution is -0.144. The number of fused-ring (bicyclic) bond motifs is 3. The fourth-order valence-corrected chi connectivity index (χ4v) is 8.78. The molecule has 0 amide bonds. The van der Waals surface area contributed by atoms with Crippen molar-refractivity contribution < 1.29 is 65.9 Å². The lowest BCUT2D eigenvalue weighted by atomic mass is 9.96. The van der Waals surface area contributed by atoms with Gasteiger partial charge in [-0.05, 0) is 118 Å². The molecule has 0 aliphatic heterocycles. The Kier molecular flexibility index (Phi) is 12.1. The van der Waals surface area contributed by atoms with Gasteiger partial charge in [-0.3, -0.25) is 0 Å². The van der Waals surface area contributed by atoms with E-state index in [1.807, 2.05) is 0 Å². The van der Waals surface area contributed by atoms with Gasteiger partial charge in [0.1, 0.15) is 0 Å². The maximum Gasteiger partial charge on any atom is 0.416 e. The molecule has 19 heteroatoms. The maximum atomic E-state index is 14.1. The molecule has 0 unspecified atom stereocenters. The van der Waals surface area contributed by atoms with Crippen LogP contribution in [0.3, 0.4) is 0 Å². The smallest absolute Gasteiger partial charge is 0.309 e. The SMILES string of the molecule is FC(F)(F)c1ccc(-c2ccc(-n3c4ccc(-c5cc(C(F)(F)F)cc(C(F)(F)F)c5)cc4c4cc(-c5cc(C(F)(F)F)cc(C(F)(F)F)c5)ccc43)cc2-c2nc(-c3ccccc3)nc(-c3ccccc3)n2)cc1. The van der Waals surface area contributed by atoms with Crippen molar-refractivity contribution in [3.63, 3.8) is 0 Å². The Bertz CT molecular complexity index is 3540. The van der Waals surface area contributed by atoms with Gasteiger partial charge in [0.05, 0.1) is 38.9 Å². The fraction of sp³-hybridized carbons (Fsp3) is 0.0893. The third-order valence-electron chi connectivity index (χ3n) is 12.3. The molecule has 0 atom stereocenters. The van der Waals surface area contributed by atoms with Crippen molar-refractivity contribution in [2.24, 2.45) is 0 Å². The van der Waals surface area contributed by atoms with Gasteiger partial charge in [-0.2, -0.15) is 65.9 Å². The predicted octanol–water partition coefficient (Wildman–Crippen LogP) is 18.1. The second kappa shape index (κ2) is 18.2. The van der Waals surface area contributed by atoms with Gasteiger partial charge in [0.25, 0.3) is 0 Å². The monoisotopic (exact) mass is 1040 g/mol. The van der Waals surface area contributed by atoms with E-state index < -0.39 is 69.8 Å². The van der Waals surface area contributed by atoms with Crippen LogP contribution in [0.2, 0.25) is 0 Å². The number of alkyl halides is 15. The molecule has 75 heavy (non-hydrogen) atoms.